The molecule has 0 aliphatic heterocycles. The summed E-state index contributed by atoms with van der Waals surface area (Å²) in [5, 5.41) is 6.05. The van der Waals surface area contributed by atoms with Crippen LogP contribution in [0.25, 0.3) is 0 Å². The van der Waals surface area contributed by atoms with Gasteiger partial charge in [0.05, 0.1) is 12.3 Å². The van der Waals surface area contributed by atoms with Crippen LogP contribution in [0.5, 0.6) is 0 Å². The molecule has 0 atom stereocenters. The highest BCUT2D eigenvalue weighted by Gasteiger charge is 2.10. The van der Waals surface area contributed by atoms with Gasteiger partial charge in [-0.05, 0) is 36.6 Å². The zero-order chi connectivity index (χ0) is 20.4. The molecule has 2 aromatic carbocycles. The summed E-state index contributed by atoms with van der Waals surface area (Å²) in [6.45, 7) is 5.02. The number of aliphatic imine (C=N–C) groups is 1. The van der Waals surface area contributed by atoms with Gasteiger partial charge < -0.3 is 10.6 Å². The van der Waals surface area contributed by atoms with E-state index in [0.29, 0.717) is 24.6 Å². The van der Waals surface area contributed by atoms with E-state index >= 15 is 0 Å². The maximum absolute atomic E-state index is 13.6. The molecule has 3 N–H and O–H groups in total. The van der Waals surface area contributed by atoms with Crippen molar-refractivity contribution in [3.8, 4) is 0 Å². The minimum atomic E-state index is -3.41. The predicted octanol–water partition coefficient (Wildman–Crippen LogP) is 2.31. The standard InChI is InChI=1S/C20H27FN4O2S/c1-3-22-20(24-14-18-10-9-16(2)19(21)13-18)23-11-12-28(26,27)25-15-17-7-5-4-6-8-17/h4-10,13,25H,3,11-12,14-15H2,1-2H3,(H2,22,23,24). The lowest BCUT2D eigenvalue weighted by molar-refractivity contribution is 0.580. The molecule has 0 fully saturated rings. The van der Waals surface area contributed by atoms with Crippen LogP contribution >= 0.6 is 0 Å². The monoisotopic (exact) mass is 406 g/mol. The van der Waals surface area contributed by atoms with Crippen LogP contribution in [0.4, 0.5) is 4.39 Å². The number of rotatable bonds is 9. The third-order valence-electron chi connectivity index (χ3n) is 4.00. The number of sulfonamides is 1. The largest absolute Gasteiger partial charge is 0.357 e. The molecule has 0 heterocycles. The van der Waals surface area contributed by atoms with E-state index in [0.717, 1.165) is 11.1 Å². The molecule has 6 nitrogen and oxygen atoms in total. The second-order valence-corrected chi connectivity index (χ2v) is 8.26. The van der Waals surface area contributed by atoms with Gasteiger partial charge >= 0.3 is 0 Å². The second kappa shape index (κ2) is 10.8. The van der Waals surface area contributed by atoms with E-state index in [1.165, 1.54) is 6.07 Å². The Balaban J connectivity index is 1.85. The fourth-order valence-electron chi connectivity index (χ4n) is 2.41. The highest BCUT2D eigenvalue weighted by Crippen LogP contribution is 2.09. The molecule has 0 unspecified atom stereocenters. The normalized spacial score (nSPS) is 12.0. The number of aryl methyl sites for hydroxylation is 1. The van der Waals surface area contributed by atoms with Gasteiger partial charge in [0.2, 0.25) is 10.0 Å². The van der Waals surface area contributed by atoms with Crippen molar-refractivity contribution in [3.05, 3.63) is 71.0 Å². The van der Waals surface area contributed by atoms with Crippen molar-refractivity contribution in [1.29, 1.82) is 0 Å². The van der Waals surface area contributed by atoms with Gasteiger partial charge in [0, 0.05) is 19.6 Å². The maximum Gasteiger partial charge on any atom is 0.213 e. The Labute approximate surface area is 166 Å². The Bertz CT molecular complexity index is 886. The summed E-state index contributed by atoms with van der Waals surface area (Å²) in [4.78, 5) is 4.38. The summed E-state index contributed by atoms with van der Waals surface area (Å²) in [5.74, 6) is 0.145. The summed E-state index contributed by atoms with van der Waals surface area (Å²) in [5.41, 5.74) is 2.24. The van der Waals surface area contributed by atoms with Crippen molar-refractivity contribution in [3.63, 3.8) is 0 Å². The Morgan fingerprint density at radius 1 is 1.07 bits per heavy atom. The van der Waals surface area contributed by atoms with Gasteiger partial charge in [-0.1, -0.05) is 42.5 Å². The lowest BCUT2D eigenvalue weighted by Gasteiger charge is -2.12. The van der Waals surface area contributed by atoms with Crippen LogP contribution in [0.15, 0.2) is 53.5 Å². The van der Waals surface area contributed by atoms with E-state index < -0.39 is 10.0 Å². The van der Waals surface area contributed by atoms with E-state index in [-0.39, 0.29) is 24.7 Å². The number of nitrogens with one attached hydrogen (secondary N) is 3. The van der Waals surface area contributed by atoms with Crippen molar-refractivity contribution >= 4 is 16.0 Å². The van der Waals surface area contributed by atoms with Crippen molar-refractivity contribution < 1.29 is 12.8 Å². The van der Waals surface area contributed by atoms with Crippen molar-refractivity contribution in [2.45, 2.75) is 26.9 Å². The first-order chi connectivity index (χ1) is 13.4. The number of benzene rings is 2. The lowest BCUT2D eigenvalue weighted by atomic mass is 10.1. The lowest BCUT2D eigenvalue weighted by Crippen LogP contribution is -2.41. The van der Waals surface area contributed by atoms with E-state index in [9.17, 15) is 12.8 Å². The molecule has 28 heavy (non-hydrogen) atoms. The van der Waals surface area contributed by atoms with E-state index in [1.807, 2.05) is 43.3 Å². The first kappa shape index (κ1) is 21.8. The predicted molar refractivity (Wildman–Crippen MR) is 111 cm³/mol. The third kappa shape index (κ3) is 7.66. The molecule has 0 aliphatic carbocycles. The smallest absolute Gasteiger partial charge is 0.213 e. The fourth-order valence-corrected chi connectivity index (χ4v) is 3.31. The van der Waals surface area contributed by atoms with Gasteiger partial charge in [-0.2, -0.15) is 0 Å². The molecule has 0 amide bonds. The van der Waals surface area contributed by atoms with E-state index in [2.05, 4.69) is 20.3 Å². The SMILES string of the molecule is CCNC(=NCc1ccc(C)c(F)c1)NCCS(=O)(=O)NCc1ccccc1. The van der Waals surface area contributed by atoms with Gasteiger partial charge in [0.25, 0.3) is 0 Å². The molecule has 0 aliphatic rings. The van der Waals surface area contributed by atoms with Gasteiger partial charge in [-0.15, -0.1) is 0 Å². The summed E-state index contributed by atoms with van der Waals surface area (Å²) < 4.78 is 40.5. The molecule has 152 valence electrons. The molecule has 0 saturated heterocycles. The first-order valence-electron chi connectivity index (χ1n) is 9.18. The van der Waals surface area contributed by atoms with Gasteiger partial charge in [0.15, 0.2) is 5.96 Å². The molecule has 2 rings (SSSR count). The molecule has 0 spiro atoms. The number of halogens is 1. The van der Waals surface area contributed by atoms with Crippen molar-refractivity contribution in [2.24, 2.45) is 4.99 Å². The third-order valence-corrected chi connectivity index (χ3v) is 5.33. The Morgan fingerprint density at radius 2 is 1.82 bits per heavy atom. The van der Waals surface area contributed by atoms with E-state index in [4.69, 9.17) is 0 Å². The van der Waals surface area contributed by atoms with Crippen molar-refractivity contribution in [1.82, 2.24) is 15.4 Å². The van der Waals surface area contributed by atoms with Crippen LogP contribution in [0.2, 0.25) is 0 Å². The Hall–Kier alpha value is -2.45. The summed E-state index contributed by atoms with van der Waals surface area (Å²) >= 11 is 0. The van der Waals surface area contributed by atoms with Gasteiger partial charge in [0.1, 0.15) is 5.82 Å². The average molecular weight is 407 g/mol. The highest BCUT2D eigenvalue weighted by atomic mass is 32.2. The number of hydrogen-bond acceptors (Lipinski definition) is 3. The zero-order valence-electron chi connectivity index (χ0n) is 16.2. The molecule has 0 saturated carbocycles. The maximum atomic E-state index is 13.6. The molecule has 8 heteroatoms. The Kier molecular flexibility index (Phi) is 8.41. The molecular formula is C20H27FN4O2S. The van der Waals surface area contributed by atoms with Gasteiger partial charge in [-0.25, -0.2) is 22.5 Å². The molecule has 0 bridgehead atoms. The summed E-state index contributed by atoms with van der Waals surface area (Å²) in [6, 6.07) is 14.3. The number of nitrogens with zero attached hydrogens (tertiary/aromatic N) is 1. The molecule has 0 aromatic heterocycles. The van der Waals surface area contributed by atoms with Crippen LogP contribution in [-0.2, 0) is 23.1 Å². The van der Waals surface area contributed by atoms with Crippen LogP contribution in [0.1, 0.15) is 23.6 Å². The summed E-state index contributed by atoms with van der Waals surface area (Å²) in [7, 11) is -3.41. The molecular weight excluding hydrogens is 379 g/mol. The topological polar surface area (TPSA) is 82.6 Å². The van der Waals surface area contributed by atoms with Crippen LogP contribution in [0.3, 0.4) is 0 Å². The van der Waals surface area contributed by atoms with Crippen molar-refractivity contribution in [2.75, 3.05) is 18.8 Å². The molecule has 0 radical (unpaired) electrons. The van der Waals surface area contributed by atoms with Crippen LogP contribution in [0, 0.1) is 12.7 Å². The minimum Gasteiger partial charge on any atom is -0.357 e. The Morgan fingerprint density at radius 3 is 2.50 bits per heavy atom. The van der Waals surface area contributed by atoms with Crippen LogP contribution < -0.4 is 15.4 Å². The van der Waals surface area contributed by atoms with Crippen LogP contribution in [-0.4, -0.2) is 33.2 Å². The second-order valence-electron chi connectivity index (χ2n) is 6.33. The quantitative estimate of drug-likeness (QED) is 0.441. The molecule has 2 aromatic rings. The number of guanidine groups is 1. The highest BCUT2D eigenvalue weighted by molar-refractivity contribution is 7.89. The average Bonchev–Trinajstić information content (AvgIpc) is 2.68. The minimum absolute atomic E-state index is 0.0800. The summed E-state index contributed by atoms with van der Waals surface area (Å²) in [6.07, 6.45) is 0. The van der Waals surface area contributed by atoms with E-state index in [1.54, 1.807) is 13.0 Å². The number of hydrogen-bond donors (Lipinski definition) is 3. The fraction of sp³-hybridized carbons (Fsp3) is 0.350. The van der Waals surface area contributed by atoms with Gasteiger partial charge in [-0.3, -0.25) is 0 Å². The first-order valence-corrected chi connectivity index (χ1v) is 10.8. The zero-order valence-corrected chi connectivity index (χ0v) is 17.0.